The zero-order valence-electron chi connectivity index (χ0n) is 12.4. The van der Waals surface area contributed by atoms with Crippen LogP contribution in [0, 0.1) is 17.1 Å². The lowest BCUT2D eigenvalue weighted by Gasteiger charge is -2.37. The van der Waals surface area contributed by atoms with Gasteiger partial charge in [0.15, 0.2) is 14.6 Å². The minimum Gasteiger partial charge on any atom is -0.317 e. The van der Waals surface area contributed by atoms with Gasteiger partial charge in [-0.2, -0.15) is 5.26 Å². The molecule has 0 aliphatic carbocycles. The third-order valence-corrected chi connectivity index (χ3v) is 5.68. The summed E-state index contributed by atoms with van der Waals surface area (Å²) in [5.74, 6) is -4.76. The largest absolute Gasteiger partial charge is 0.317 e. The predicted octanol–water partition coefficient (Wildman–Crippen LogP) is 2.35. The molecule has 0 spiro atoms. The molecule has 0 aromatic heterocycles. The zero-order valence-corrected chi connectivity index (χ0v) is 13.2. The summed E-state index contributed by atoms with van der Waals surface area (Å²) in [6.45, 7) is 1.80. The molecule has 2 atom stereocenters. The fourth-order valence-corrected chi connectivity index (χ4v) is 2.55. The summed E-state index contributed by atoms with van der Waals surface area (Å²) in [5.41, 5.74) is 2.71. The molecule has 0 bridgehead atoms. The van der Waals surface area contributed by atoms with Crippen LogP contribution in [-0.2, 0) is 15.4 Å². The van der Waals surface area contributed by atoms with Crippen molar-refractivity contribution in [1.82, 2.24) is 0 Å². The molecule has 0 aliphatic rings. The minimum absolute atomic E-state index is 0.450. The number of nitrogens with two attached hydrogens (primary N) is 1. The summed E-state index contributed by atoms with van der Waals surface area (Å²) in [4.78, 5) is 0. The first kappa shape index (κ1) is 18.5. The average molecular weight is 334 g/mol. The molecule has 1 aromatic rings. The van der Waals surface area contributed by atoms with Crippen molar-refractivity contribution in [2.45, 2.75) is 36.5 Å². The second kappa shape index (κ2) is 5.56. The highest BCUT2D eigenvalue weighted by atomic mass is 32.2. The van der Waals surface area contributed by atoms with Crippen LogP contribution >= 0.6 is 0 Å². The third kappa shape index (κ3) is 3.10. The van der Waals surface area contributed by atoms with Crippen molar-refractivity contribution < 1.29 is 21.6 Å². The van der Waals surface area contributed by atoms with E-state index in [1.54, 1.807) is 0 Å². The molecule has 0 radical (unpaired) electrons. The number of hydrogen-bond acceptors (Lipinski definition) is 4. The number of halogens is 3. The molecule has 1 unspecified atom stereocenters. The number of hydrogen-bond donors (Lipinski definition) is 1. The van der Waals surface area contributed by atoms with E-state index in [0.717, 1.165) is 26.0 Å². The Bertz CT molecular complexity index is 711. The summed E-state index contributed by atoms with van der Waals surface area (Å²) < 4.78 is 63.8. The Morgan fingerprint density at radius 1 is 1.27 bits per heavy atom. The van der Waals surface area contributed by atoms with Gasteiger partial charge in [-0.25, -0.2) is 21.6 Å². The maximum Gasteiger partial charge on any atom is 0.272 e. The second-order valence-electron chi connectivity index (χ2n) is 5.68. The first-order valence-corrected chi connectivity index (χ1v) is 8.20. The van der Waals surface area contributed by atoms with E-state index in [4.69, 9.17) is 11.0 Å². The average Bonchev–Trinajstić information content (AvgIpc) is 2.36. The first-order valence-electron chi connectivity index (χ1n) is 6.31. The van der Waals surface area contributed by atoms with Crippen molar-refractivity contribution in [2.24, 2.45) is 5.73 Å². The Hall–Kier alpha value is -1.59. The van der Waals surface area contributed by atoms with E-state index in [1.807, 2.05) is 0 Å². The monoisotopic (exact) mass is 334 g/mol. The lowest BCUT2D eigenvalue weighted by molar-refractivity contribution is -0.0822. The smallest absolute Gasteiger partial charge is 0.272 e. The lowest BCUT2D eigenvalue weighted by Crippen LogP contribution is -2.55. The van der Waals surface area contributed by atoms with E-state index in [0.29, 0.717) is 6.26 Å². The van der Waals surface area contributed by atoms with Gasteiger partial charge >= 0.3 is 0 Å². The maximum atomic E-state index is 14.6. The van der Waals surface area contributed by atoms with Crippen molar-refractivity contribution in [3.63, 3.8) is 0 Å². The van der Waals surface area contributed by atoms with E-state index in [-0.39, 0.29) is 0 Å². The fraction of sp³-hybridized carbons (Fsp3) is 0.500. The standard InChI is InChI=1S/C14H17F3N2O2S/c1-12(9-18,22(3,20)21)8-14(16,17)13(2,19)10-6-4-5-7-11(10)15/h4-7H,8,19H2,1-3H3/t12?,13-/m1/s1. The van der Waals surface area contributed by atoms with Crippen molar-refractivity contribution in [3.05, 3.63) is 35.6 Å². The second-order valence-corrected chi connectivity index (χ2v) is 8.12. The molecule has 1 rings (SSSR count). The quantitative estimate of drug-likeness (QED) is 0.896. The van der Waals surface area contributed by atoms with E-state index < -0.39 is 43.8 Å². The van der Waals surface area contributed by atoms with Gasteiger partial charge in [0.1, 0.15) is 11.4 Å². The van der Waals surface area contributed by atoms with Crippen LogP contribution in [0.3, 0.4) is 0 Å². The highest BCUT2D eigenvalue weighted by Crippen LogP contribution is 2.43. The Balaban J connectivity index is 3.35. The van der Waals surface area contributed by atoms with Crippen LogP contribution in [0.4, 0.5) is 13.2 Å². The van der Waals surface area contributed by atoms with E-state index in [2.05, 4.69) is 0 Å². The van der Waals surface area contributed by atoms with Crippen molar-refractivity contribution in [3.8, 4) is 6.07 Å². The van der Waals surface area contributed by atoms with Gasteiger partial charge in [-0.05, 0) is 19.9 Å². The minimum atomic E-state index is -4.09. The Kier molecular flexibility index (Phi) is 4.66. The van der Waals surface area contributed by atoms with Gasteiger partial charge < -0.3 is 5.73 Å². The van der Waals surface area contributed by atoms with Gasteiger partial charge in [-0.3, -0.25) is 0 Å². The number of alkyl halides is 2. The van der Waals surface area contributed by atoms with E-state index in [1.165, 1.54) is 18.2 Å². The molecule has 1 aromatic carbocycles. The molecule has 4 nitrogen and oxygen atoms in total. The van der Waals surface area contributed by atoms with Crippen molar-refractivity contribution in [1.29, 1.82) is 5.26 Å². The molecular formula is C14H17F3N2O2S. The van der Waals surface area contributed by atoms with Crippen LogP contribution in [-0.4, -0.2) is 25.3 Å². The van der Waals surface area contributed by atoms with Gasteiger partial charge in [-0.15, -0.1) is 0 Å². The zero-order chi connectivity index (χ0) is 17.4. The van der Waals surface area contributed by atoms with Crippen LogP contribution in [0.1, 0.15) is 25.8 Å². The Labute approximate surface area is 127 Å². The Morgan fingerprint density at radius 2 is 1.77 bits per heavy atom. The van der Waals surface area contributed by atoms with Gasteiger partial charge in [0, 0.05) is 18.2 Å². The van der Waals surface area contributed by atoms with Crippen LogP contribution in [0.15, 0.2) is 24.3 Å². The molecule has 0 fully saturated rings. The van der Waals surface area contributed by atoms with E-state index >= 15 is 0 Å². The van der Waals surface area contributed by atoms with Gasteiger partial charge in [0.05, 0.1) is 6.07 Å². The third-order valence-electron chi connectivity index (χ3n) is 3.81. The van der Waals surface area contributed by atoms with Crippen LogP contribution in [0.5, 0.6) is 0 Å². The Morgan fingerprint density at radius 3 is 2.18 bits per heavy atom. The van der Waals surface area contributed by atoms with Crippen molar-refractivity contribution in [2.75, 3.05) is 6.26 Å². The summed E-state index contributed by atoms with van der Waals surface area (Å²) in [6.07, 6.45) is -0.639. The molecule has 122 valence electrons. The van der Waals surface area contributed by atoms with Gasteiger partial charge in [-0.1, -0.05) is 18.2 Å². The molecule has 0 saturated carbocycles. The highest BCUT2D eigenvalue weighted by Gasteiger charge is 2.56. The van der Waals surface area contributed by atoms with Crippen LogP contribution in [0.2, 0.25) is 0 Å². The number of rotatable bonds is 5. The first-order chi connectivity index (χ1) is 9.78. The van der Waals surface area contributed by atoms with Gasteiger partial charge in [0.2, 0.25) is 0 Å². The molecule has 2 N–H and O–H groups in total. The normalized spacial score (nSPS) is 18.1. The number of benzene rings is 1. The summed E-state index contributed by atoms with van der Waals surface area (Å²) in [6, 6.07) is 6.15. The van der Waals surface area contributed by atoms with E-state index in [9.17, 15) is 21.6 Å². The SMILES string of the molecule is CC(C#N)(CC(F)(F)[C@](C)(N)c1ccccc1F)S(C)(=O)=O. The van der Waals surface area contributed by atoms with Crippen LogP contribution in [0.25, 0.3) is 0 Å². The number of nitrogens with zero attached hydrogens (tertiary/aromatic N) is 1. The number of sulfone groups is 1. The maximum absolute atomic E-state index is 14.6. The predicted molar refractivity (Wildman–Crippen MR) is 76.4 cm³/mol. The molecule has 0 saturated heterocycles. The van der Waals surface area contributed by atoms with Crippen molar-refractivity contribution >= 4 is 9.84 Å². The molecule has 0 aliphatic heterocycles. The molecule has 0 amide bonds. The fourth-order valence-electron chi connectivity index (χ4n) is 1.94. The number of nitriles is 1. The lowest BCUT2D eigenvalue weighted by atomic mass is 9.82. The molecule has 0 heterocycles. The van der Waals surface area contributed by atoms with Gasteiger partial charge in [0.25, 0.3) is 5.92 Å². The van der Waals surface area contributed by atoms with Crippen LogP contribution < -0.4 is 5.73 Å². The summed E-state index contributed by atoms with van der Waals surface area (Å²) >= 11 is 0. The molecular weight excluding hydrogens is 317 g/mol. The molecule has 22 heavy (non-hydrogen) atoms. The molecule has 8 heteroatoms. The summed E-state index contributed by atoms with van der Waals surface area (Å²) in [7, 11) is -4.09. The highest BCUT2D eigenvalue weighted by molar-refractivity contribution is 7.92. The summed E-state index contributed by atoms with van der Waals surface area (Å²) in [5, 5.41) is 9.00. The topological polar surface area (TPSA) is 83.9 Å².